The summed E-state index contributed by atoms with van der Waals surface area (Å²) in [7, 11) is 0. The zero-order valence-corrected chi connectivity index (χ0v) is 33.3. The summed E-state index contributed by atoms with van der Waals surface area (Å²) >= 11 is 0. The highest BCUT2D eigenvalue weighted by Crippen LogP contribution is 2.43. The van der Waals surface area contributed by atoms with E-state index in [1.54, 1.807) is 0 Å². The van der Waals surface area contributed by atoms with E-state index in [0.29, 0.717) is 11.6 Å². The van der Waals surface area contributed by atoms with Crippen LogP contribution in [0.5, 0.6) is 0 Å². The number of benzene rings is 7. The van der Waals surface area contributed by atoms with Gasteiger partial charge in [-0.1, -0.05) is 126 Å². The van der Waals surface area contributed by atoms with Gasteiger partial charge in [0.25, 0.3) is 0 Å². The lowest BCUT2D eigenvalue weighted by atomic mass is 9.85. The second-order valence-corrected chi connectivity index (χ2v) is 15.8. The minimum Gasteiger partial charge on any atom is -0.309 e. The van der Waals surface area contributed by atoms with Crippen molar-refractivity contribution in [1.82, 2.24) is 24.1 Å². The zero-order chi connectivity index (χ0) is 39.6. The fraction of sp³-hybridized carbons (Fsp3) is 0.0926. The van der Waals surface area contributed by atoms with Crippen LogP contribution in [-0.4, -0.2) is 24.1 Å². The highest BCUT2D eigenvalue weighted by Gasteiger charge is 2.25. The Balaban J connectivity index is 1.14. The first-order chi connectivity index (χ1) is 29.0. The van der Waals surface area contributed by atoms with Crippen molar-refractivity contribution < 1.29 is 0 Å². The molecule has 59 heavy (non-hydrogen) atoms. The number of nitrogens with zero attached hydrogens (tertiary/aromatic N) is 5. The van der Waals surface area contributed by atoms with Crippen molar-refractivity contribution in [3.8, 4) is 34.2 Å². The van der Waals surface area contributed by atoms with Crippen LogP contribution in [0.2, 0.25) is 0 Å². The summed E-state index contributed by atoms with van der Waals surface area (Å²) < 4.78 is 4.86. The van der Waals surface area contributed by atoms with Gasteiger partial charge in [-0.2, -0.15) is 0 Å². The van der Waals surface area contributed by atoms with Gasteiger partial charge in [-0.3, -0.25) is 0 Å². The molecule has 0 saturated carbocycles. The highest BCUT2D eigenvalue weighted by atomic mass is 15.0. The smallest absolute Gasteiger partial charge is 0.163 e. The maximum absolute atomic E-state index is 5.16. The minimum absolute atomic E-state index is 0.0422. The van der Waals surface area contributed by atoms with Gasteiger partial charge in [0.15, 0.2) is 11.6 Å². The molecule has 282 valence electrons. The molecule has 3 heterocycles. The molecule has 0 bridgehead atoms. The molecule has 1 aliphatic carbocycles. The molecule has 3 aromatic heterocycles. The van der Waals surface area contributed by atoms with Gasteiger partial charge in [0.1, 0.15) is 5.82 Å². The Morgan fingerprint density at radius 1 is 0.475 bits per heavy atom. The van der Waals surface area contributed by atoms with Crippen LogP contribution in [0.1, 0.15) is 41.8 Å². The number of rotatable bonds is 6. The second-order valence-electron chi connectivity index (χ2n) is 15.8. The lowest BCUT2D eigenvalue weighted by molar-refractivity contribution is 0.762. The van der Waals surface area contributed by atoms with Crippen molar-refractivity contribution in [3.05, 3.63) is 204 Å². The quantitative estimate of drug-likeness (QED) is 0.170. The Bertz CT molecular complexity index is 3200. The van der Waals surface area contributed by atoms with E-state index in [4.69, 9.17) is 15.0 Å². The summed E-state index contributed by atoms with van der Waals surface area (Å²) in [6, 6.07) is 58.6. The lowest BCUT2D eigenvalue weighted by Crippen LogP contribution is -2.10. The Labute approximate surface area is 343 Å². The summed E-state index contributed by atoms with van der Waals surface area (Å²) in [4.78, 5) is 15.3. The Morgan fingerprint density at radius 2 is 1.03 bits per heavy atom. The third-order valence-corrected chi connectivity index (χ3v) is 11.9. The van der Waals surface area contributed by atoms with Gasteiger partial charge >= 0.3 is 0 Å². The van der Waals surface area contributed by atoms with Crippen molar-refractivity contribution in [2.75, 3.05) is 0 Å². The number of hydrogen-bond acceptors (Lipinski definition) is 3. The van der Waals surface area contributed by atoms with E-state index in [1.165, 1.54) is 71.4 Å². The van der Waals surface area contributed by atoms with Crippen LogP contribution in [0, 0.1) is 13.8 Å². The van der Waals surface area contributed by atoms with Crippen LogP contribution in [0.3, 0.4) is 0 Å². The van der Waals surface area contributed by atoms with Gasteiger partial charge in [0.2, 0.25) is 0 Å². The average molecular weight is 760 g/mol. The molecule has 0 saturated heterocycles. The number of para-hydroxylation sites is 1. The monoisotopic (exact) mass is 759 g/mol. The van der Waals surface area contributed by atoms with Crippen molar-refractivity contribution in [3.63, 3.8) is 0 Å². The molecule has 0 spiro atoms. The van der Waals surface area contributed by atoms with E-state index in [1.807, 2.05) is 36.4 Å². The van der Waals surface area contributed by atoms with E-state index in [0.717, 1.165) is 34.7 Å². The summed E-state index contributed by atoms with van der Waals surface area (Å²) in [6.45, 7) is 6.59. The van der Waals surface area contributed by atoms with Crippen molar-refractivity contribution >= 4 is 49.2 Å². The van der Waals surface area contributed by atoms with Crippen LogP contribution in [-0.2, 0) is 0 Å². The molecule has 10 aromatic rings. The number of aromatic nitrogens is 5. The normalized spacial score (nSPS) is 14.3. The fourth-order valence-electron chi connectivity index (χ4n) is 9.09. The topological polar surface area (TPSA) is 48.5 Å². The molecule has 11 rings (SSSR count). The SMILES string of the molecule is CC1=CCC(c2nc(-c3ccccc3)nc(-c3ccccc3)n2)C=C1c1cccc2c1c1cc(-n3c4ccc(C)cc4c4cc(C)ccc43)ccc1n2-c1ccccc1. The molecule has 0 radical (unpaired) electrons. The van der Waals surface area contributed by atoms with E-state index in [-0.39, 0.29) is 5.92 Å². The van der Waals surface area contributed by atoms with Gasteiger partial charge < -0.3 is 9.13 Å². The predicted octanol–water partition coefficient (Wildman–Crippen LogP) is 13.5. The number of hydrogen-bond donors (Lipinski definition) is 0. The van der Waals surface area contributed by atoms with Crippen LogP contribution >= 0.6 is 0 Å². The van der Waals surface area contributed by atoms with Gasteiger partial charge in [-0.15, -0.1) is 0 Å². The number of aryl methyl sites for hydroxylation is 2. The largest absolute Gasteiger partial charge is 0.309 e. The Hall–Kier alpha value is -7.37. The fourth-order valence-corrected chi connectivity index (χ4v) is 9.09. The van der Waals surface area contributed by atoms with E-state index >= 15 is 0 Å². The summed E-state index contributed by atoms with van der Waals surface area (Å²) in [5.74, 6) is 2.11. The Kier molecular flexibility index (Phi) is 8.22. The number of allylic oxidation sites excluding steroid dienone is 4. The van der Waals surface area contributed by atoms with Crippen LogP contribution in [0.15, 0.2) is 182 Å². The summed E-state index contributed by atoms with van der Waals surface area (Å²) in [6.07, 6.45) is 5.56. The molecule has 7 aromatic carbocycles. The molecule has 0 amide bonds. The molecular formula is C54H41N5. The van der Waals surface area contributed by atoms with Crippen LogP contribution < -0.4 is 0 Å². The third kappa shape index (κ3) is 5.89. The van der Waals surface area contributed by atoms with Gasteiger partial charge in [0.05, 0.1) is 22.1 Å². The van der Waals surface area contributed by atoms with Crippen LogP contribution in [0.4, 0.5) is 0 Å². The molecule has 1 atom stereocenters. The first-order valence-corrected chi connectivity index (χ1v) is 20.4. The minimum atomic E-state index is -0.0422. The molecular weight excluding hydrogens is 719 g/mol. The number of fused-ring (bicyclic) bond motifs is 6. The van der Waals surface area contributed by atoms with Crippen LogP contribution in [0.25, 0.3) is 83.3 Å². The molecule has 1 aliphatic rings. The van der Waals surface area contributed by atoms with Gasteiger partial charge in [0, 0.05) is 50.0 Å². The summed E-state index contributed by atoms with van der Waals surface area (Å²) in [5, 5.41) is 4.99. The molecule has 5 heteroatoms. The average Bonchev–Trinajstić information content (AvgIpc) is 3.79. The van der Waals surface area contributed by atoms with E-state index in [2.05, 4.69) is 169 Å². The highest BCUT2D eigenvalue weighted by molar-refractivity contribution is 6.16. The van der Waals surface area contributed by atoms with Gasteiger partial charge in [-0.25, -0.2) is 15.0 Å². The van der Waals surface area contributed by atoms with E-state index < -0.39 is 0 Å². The molecule has 5 nitrogen and oxygen atoms in total. The summed E-state index contributed by atoms with van der Waals surface area (Å²) in [5.41, 5.74) is 15.2. The lowest BCUT2D eigenvalue weighted by Gasteiger charge is -2.21. The van der Waals surface area contributed by atoms with Gasteiger partial charge in [-0.05, 0) is 105 Å². The van der Waals surface area contributed by atoms with Crippen molar-refractivity contribution in [1.29, 1.82) is 0 Å². The third-order valence-electron chi connectivity index (χ3n) is 11.9. The molecule has 0 aliphatic heterocycles. The maximum atomic E-state index is 5.16. The molecule has 0 N–H and O–H groups in total. The first kappa shape index (κ1) is 34.8. The second kappa shape index (κ2) is 13.9. The first-order valence-electron chi connectivity index (χ1n) is 20.4. The Morgan fingerprint density at radius 3 is 1.66 bits per heavy atom. The van der Waals surface area contributed by atoms with Crippen molar-refractivity contribution in [2.45, 2.75) is 33.1 Å². The standard InChI is InChI=1S/C54H41N5/c1-34-22-27-47-44(30-34)45-31-35(2)23-28-48(45)59(47)41-26-29-49-46(33-41)51-42(20-13-21-50(51)58(49)40-18-11-6-12-19-40)43-32-39(25-24-36(43)3)54-56-52(37-14-7-4-8-15-37)55-53(57-54)38-16-9-5-10-17-38/h4-24,26-33,39H,25H2,1-3H3. The van der Waals surface area contributed by atoms with Crippen molar-refractivity contribution in [2.24, 2.45) is 0 Å². The maximum Gasteiger partial charge on any atom is 0.163 e. The predicted molar refractivity (Wildman–Crippen MR) is 244 cm³/mol. The van der Waals surface area contributed by atoms with E-state index in [9.17, 15) is 0 Å². The zero-order valence-electron chi connectivity index (χ0n) is 33.3. The molecule has 1 unspecified atom stereocenters. The molecule has 0 fully saturated rings.